The van der Waals surface area contributed by atoms with Gasteiger partial charge in [0.15, 0.2) is 0 Å². The molecule has 3 N–H and O–H groups in total. The topological polar surface area (TPSA) is 55.9 Å². The van der Waals surface area contributed by atoms with Gasteiger partial charge in [-0.25, -0.2) is 4.98 Å². The molecule has 0 aliphatic carbocycles. The first-order chi connectivity index (χ1) is 8.31. The number of nitrogens with one attached hydrogen (secondary N) is 1. The van der Waals surface area contributed by atoms with E-state index in [1.807, 2.05) is 42.2 Å². The molecule has 0 fully saturated rings. The summed E-state index contributed by atoms with van der Waals surface area (Å²) < 4.78 is 2.04. The van der Waals surface area contributed by atoms with E-state index in [4.69, 9.17) is 5.84 Å². The molecule has 0 saturated heterocycles. The van der Waals surface area contributed by atoms with Crippen LogP contribution < -0.4 is 11.3 Å². The fraction of sp³-hybridized carbons (Fsp3) is 0.308. The molecule has 4 heteroatoms. The van der Waals surface area contributed by atoms with Crippen molar-refractivity contribution in [3.8, 4) is 0 Å². The molecule has 0 aliphatic rings. The molecule has 0 amide bonds. The van der Waals surface area contributed by atoms with Gasteiger partial charge in [0.2, 0.25) is 0 Å². The second kappa shape index (κ2) is 5.61. The van der Waals surface area contributed by atoms with E-state index >= 15 is 0 Å². The highest BCUT2D eigenvalue weighted by Gasteiger charge is 2.10. The molecule has 2 aromatic rings. The van der Waals surface area contributed by atoms with E-state index in [-0.39, 0.29) is 6.04 Å². The normalized spacial score (nSPS) is 12.6. The predicted molar refractivity (Wildman–Crippen MR) is 68.0 cm³/mol. The number of hydrogen-bond acceptors (Lipinski definition) is 3. The first-order valence-corrected chi connectivity index (χ1v) is 5.78. The minimum absolute atomic E-state index is 0.174. The molecule has 0 radical (unpaired) electrons. The number of aryl methyl sites for hydroxylation is 2. The molecule has 2 rings (SSSR count). The standard InChI is InChI=1S/C13H18N4/c1-17-10-9-15-13(17)8-7-12(16-14)11-5-3-2-4-6-11/h2-6,9-10,12,16H,7-8,14H2,1H3. The van der Waals surface area contributed by atoms with Crippen LogP contribution in [0.1, 0.15) is 23.9 Å². The molecular weight excluding hydrogens is 212 g/mol. The maximum atomic E-state index is 5.61. The quantitative estimate of drug-likeness (QED) is 0.605. The molecule has 17 heavy (non-hydrogen) atoms. The Kier molecular flexibility index (Phi) is 3.90. The Hall–Kier alpha value is -1.65. The van der Waals surface area contributed by atoms with Crippen molar-refractivity contribution >= 4 is 0 Å². The highest BCUT2D eigenvalue weighted by molar-refractivity contribution is 5.18. The van der Waals surface area contributed by atoms with Crippen molar-refractivity contribution in [3.05, 3.63) is 54.1 Å². The van der Waals surface area contributed by atoms with Gasteiger partial charge in [-0.3, -0.25) is 11.3 Å². The van der Waals surface area contributed by atoms with Crippen LogP contribution in [0.15, 0.2) is 42.7 Å². The number of hydrogen-bond donors (Lipinski definition) is 2. The number of hydrazine groups is 1. The van der Waals surface area contributed by atoms with Crippen LogP contribution in [0.2, 0.25) is 0 Å². The Morgan fingerprint density at radius 1 is 1.35 bits per heavy atom. The Bertz CT molecular complexity index is 449. The van der Waals surface area contributed by atoms with Gasteiger partial charge in [-0.15, -0.1) is 0 Å². The van der Waals surface area contributed by atoms with Gasteiger partial charge in [0, 0.05) is 31.9 Å². The van der Waals surface area contributed by atoms with Crippen molar-refractivity contribution in [2.24, 2.45) is 12.9 Å². The maximum absolute atomic E-state index is 5.61. The fourth-order valence-corrected chi connectivity index (χ4v) is 1.94. The molecule has 0 bridgehead atoms. The van der Waals surface area contributed by atoms with Crippen LogP contribution >= 0.6 is 0 Å². The van der Waals surface area contributed by atoms with Gasteiger partial charge in [0.1, 0.15) is 5.82 Å². The van der Waals surface area contributed by atoms with Crippen molar-refractivity contribution in [2.45, 2.75) is 18.9 Å². The summed E-state index contributed by atoms with van der Waals surface area (Å²) in [6, 6.07) is 10.4. The summed E-state index contributed by atoms with van der Waals surface area (Å²) in [5.74, 6) is 6.69. The minimum atomic E-state index is 0.174. The van der Waals surface area contributed by atoms with Gasteiger partial charge in [-0.05, 0) is 12.0 Å². The number of aromatic nitrogens is 2. The molecule has 0 saturated carbocycles. The van der Waals surface area contributed by atoms with Crippen LogP contribution in [0.25, 0.3) is 0 Å². The SMILES string of the molecule is Cn1ccnc1CCC(NN)c1ccccc1. The first-order valence-electron chi connectivity index (χ1n) is 5.78. The van der Waals surface area contributed by atoms with Gasteiger partial charge in [-0.2, -0.15) is 0 Å². The smallest absolute Gasteiger partial charge is 0.108 e. The van der Waals surface area contributed by atoms with Gasteiger partial charge < -0.3 is 4.57 Å². The third-order valence-corrected chi connectivity index (χ3v) is 2.98. The zero-order chi connectivity index (χ0) is 12.1. The molecule has 1 aromatic carbocycles. The van der Waals surface area contributed by atoms with Crippen LogP contribution in [0.5, 0.6) is 0 Å². The average molecular weight is 230 g/mol. The Morgan fingerprint density at radius 2 is 2.12 bits per heavy atom. The first kappa shape index (κ1) is 11.8. The minimum Gasteiger partial charge on any atom is -0.338 e. The lowest BCUT2D eigenvalue weighted by Gasteiger charge is -2.15. The van der Waals surface area contributed by atoms with Crippen LogP contribution in [0.4, 0.5) is 0 Å². The molecule has 0 aliphatic heterocycles. The van der Waals surface area contributed by atoms with Crippen LogP contribution in [-0.2, 0) is 13.5 Å². The zero-order valence-corrected chi connectivity index (χ0v) is 10.0. The molecule has 1 unspecified atom stereocenters. The van der Waals surface area contributed by atoms with E-state index in [0.29, 0.717) is 0 Å². The largest absolute Gasteiger partial charge is 0.338 e. The Balaban J connectivity index is 1.99. The molecule has 1 atom stereocenters. The lowest BCUT2D eigenvalue weighted by molar-refractivity contribution is 0.506. The number of nitrogens with zero attached hydrogens (tertiary/aromatic N) is 2. The van der Waals surface area contributed by atoms with Crippen molar-refractivity contribution in [3.63, 3.8) is 0 Å². The highest BCUT2D eigenvalue weighted by atomic mass is 15.2. The third kappa shape index (κ3) is 2.93. The predicted octanol–water partition coefficient (Wildman–Crippen LogP) is 1.56. The Labute approximate surface area is 101 Å². The number of benzene rings is 1. The number of imidazole rings is 1. The average Bonchev–Trinajstić information content (AvgIpc) is 2.77. The van der Waals surface area contributed by atoms with Crippen molar-refractivity contribution < 1.29 is 0 Å². The summed E-state index contributed by atoms with van der Waals surface area (Å²) in [5, 5.41) is 0. The monoisotopic (exact) mass is 230 g/mol. The van der Waals surface area contributed by atoms with Crippen LogP contribution in [0, 0.1) is 0 Å². The van der Waals surface area contributed by atoms with Crippen molar-refractivity contribution in [2.75, 3.05) is 0 Å². The molecule has 4 nitrogen and oxygen atoms in total. The van der Waals surface area contributed by atoms with E-state index in [1.54, 1.807) is 0 Å². The van der Waals surface area contributed by atoms with Crippen molar-refractivity contribution in [1.29, 1.82) is 0 Å². The lowest BCUT2D eigenvalue weighted by atomic mass is 10.0. The second-order valence-electron chi connectivity index (χ2n) is 4.12. The zero-order valence-electron chi connectivity index (χ0n) is 10.0. The van der Waals surface area contributed by atoms with E-state index in [1.165, 1.54) is 5.56 Å². The van der Waals surface area contributed by atoms with Crippen molar-refractivity contribution in [1.82, 2.24) is 15.0 Å². The third-order valence-electron chi connectivity index (χ3n) is 2.98. The highest BCUT2D eigenvalue weighted by Crippen LogP contribution is 2.17. The molecule has 1 heterocycles. The Morgan fingerprint density at radius 3 is 2.71 bits per heavy atom. The summed E-state index contributed by atoms with van der Waals surface area (Å²) >= 11 is 0. The van der Waals surface area contributed by atoms with Gasteiger partial charge in [0.05, 0.1) is 0 Å². The summed E-state index contributed by atoms with van der Waals surface area (Å²) in [6.07, 6.45) is 5.63. The summed E-state index contributed by atoms with van der Waals surface area (Å²) in [5.41, 5.74) is 4.08. The maximum Gasteiger partial charge on any atom is 0.108 e. The molecule has 90 valence electrons. The number of nitrogens with two attached hydrogens (primary N) is 1. The lowest BCUT2D eigenvalue weighted by Crippen LogP contribution is -2.28. The van der Waals surface area contributed by atoms with Gasteiger partial charge in [0.25, 0.3) is 0 Å². The van der Waals surface area contributed by atoms with Crippen LogP contribution in [-0.4, -0.2) is 9.55 Å². The van der Waals surface area contributed by atoms with E-state index in [9.17, 15) is 0 Å². The van der Waals surface area contributed by atoms with E-state index in [0.717, 1.165) is 18.7 Å². The van der Waals surface area contributed by atoms with Crippen LogP contribution in [0.3, 0.4) is 0 Å². The van der Waals surface area contributed by atoms with E-state index < -0.39 is 0 Å². The fourth-order valence-electron chi connectivity index (χ4n) is 1.94. The molecule has 1 aromatic heterocycles. The summed E-state index contributed by atoms with van der Waals surface area (Å²) in [6.45, 7) is 0. The number of rotatable bonds is 5. The molecular formula is C13H18N4. The second-order valence-corrected chi connectivity index (χ2v) is 4.12. The van der Waals surface area contributed by atoms with E-state index in [2.05, 4.69) is 22.5 Å². The van der Waals surface area contributed by atoms with Gasteiger partial charge in [-0.1, -0.05) is 30.3 Å². The van der Waals surface area contributed by atoms with Gasteiger partial charge >= 0.3 is 0 Å². The molecule has 0 spiro atoms. The summed E-state index contributed by atoms with van der Waals surface area (Å²) in [4.78, 5) is 4.31. The summed E-state index contributed by atoms with van der Waals surface area (Å²) in [7, 11) is 2.01.